The van der Waals surface area contributed by atoms with Crippen LogP contribution >= 0.6 is 11.3 Å². The Kier molecular flexibility index (Phi) is 6.35. The predicted octanol–water partition coefficient (Wildman–Crippen LogP) is 4.86. The second kappa shape index (κ2) is 9.32. The number of carbonyl (C=O) groups is 2. The summed E-state index contributed by atoms with van der Waals surface area (Å²) in [5, 5.41) is 5.48. The molecule has 4 rings (SSSR count). The summed E-state index contributed by atoms with van der Waals surface area (Å²) in [5.41, 5.74) is 2.69. The number of likely N-dealkylation sites (tertiary alicyclic amines) is 1. The van der Waals surface area contributed by atoms with Crippen LogP contribution in [0.4, 0.5) is 5.13 Å². The van der Waals surface area contributed by atoms with E-state index in [1.807, 2.05) is 23.6 Å². The average Bonchev–Trinajstić information content (AvgIpc) is 3.20. The maximum Gasteiger partial charge on any atom is 0.257 e. The lowest BCUT2D eigenvalue weighted by Crippen LogP contribution is -2.33. The average molecular weight is 420 g/mol. The smallest absolute Gasteiger partial charge is 0.257 e. The minimum atomic E-state index is -0.221. The zero-order valence-electron chi connectivity index (χ0n) is 17.0. The van der Waals surface area contributed by atoms with Crippen molar-refractivity contribution >= 4 is 28.2 Å². The molecular weight excluding hydrogens is 394 g/mol. The van der Waals surface area contributed by atoms with Gasteiger partial charge in [0.15, 0.2) is 10.9 Å². The summed E-state index contributed by atoms with van der Waals surface area (Å²) in [7, 11) is 0. The molecule has 1 aliphatic rings. The van der Waals surface area contributed by atoms with E-state index < -0.39 is 0 Å². The van der Waals surface area contributed by atoms with E-state index >= 15 is 0 Å². The third-order valence-electron chi connectivity index (χ3n) is 5.34. The van der Waals surface area contributed by atoms with Crippen molar-refractivity contribution < 1.29 is 9.59 Å². The maximum absolute atomic E-state index is 12.6. The molecule has 5 nitrogen and oxygen atoms in total. The Hall–Kier alpha value is -2.83. The standard InChI is InChI=1S/C24H25N3O2S/c1-17-6-5-13-27(14-17)15-21-16-30-24(25-21)26-23(29)20-11-9-19(10-12-20)22(28)18-7-3-2-4-8-18/h2-4,7-12,16-17H,5-6,13-15H2,1H3,(H,25,26,29). The highest BCUT2D eigenvalue weighted by Crippen LogP contribution is 2.21. The molecule has 0 saturated carbocycles. The van der Waals surface area contributed by atoms with Crippen molar-refractivity contribution in [1.29, 1.82) is 0 Å². The number of amides is 1. The minimum absolute atomic E-state index is 0.0563. The molecule has 0 bridgehead atoms. The van der Waals surface area contributed by atoms with Crippen molar-refractivity contribution in [3.8, 4) is 0 Å². The highest BCUT2D eigenvalue weighted by atomic mass is 32.1. The monoisotopic (exact) mass is 419 g/mol. The Bertz CT molecular complexity index is 1010. The van der Waals surface area contributed by atoms with Crippen LogP contribution in [0.1, 0.15) is 51.7 Å². The number of ketones is 1. The molecule has 30 heavy (non-hydrogen) atoms. The van der Waals surface area contributed by atoms with Gasteiger partial charge in [0.2, 0.25) is 0 Å². The van der Waals surface area contributed by atoms with E-state index in [2.05, 4.69) is 22.1 Å². The molecule has 1 aromatic heterocycles. The molecule has 0 radical (unpaired) electrons. The number of anilines is 1. The molecule has 1 fully saturated rings. The fourth-order valence-electron chi connectivity index (χ4n) is 3.79. The third kappa shape index (κ3) is 5.01. The van der Waals surface area contributed by atoms with Gasteiger partial charge in [0.1, 0.15) is 0 Å². The molecule has 6 heteroatoms. The number of piperidine rings is 1. The van der Waals surface area contributed by atoms with E-state index in [4.69, 9.17) is 0 Å². The van der Waals surface area contributed by atoms with Gasteiger partial charge in [-0.05, 0) is 37.4 Å². The fourth-order valence-corrected chi connectivity index (χ4v) is 4.49. The lowest BCUT2D eigenvalue weighted by Gasteiger charge is -2.30. The van der Waals surface area contributed by atoms with Crippen LogP contribution in [0.2, 0.25) is 0 Å². The van der Waals surface area contributed by atoms with Crippen molar-refractivity contribution in [3.63, 3.8) is 0 Å². The van der Waals surface area contributed by atoms with Gasteiger partial charge in [0, 0.05) is 35.2 Å². The van der Waals surface area contributed by atoms with Crippen LogP contribution in [0, 0.1) is 5.92 Å². The van der Waals surface area contributed by atoms with Crippen LogP contribution < -0.4 is 5.32 Å². The molecule has 1 unspecified atom stereocenters. The van der Waals surface area contributed by atoms with Gasteiger partial charge >= 0.3 is 0 Å². The Labute approximate surface area is 180 Å². The first-order chi connectivity index (χ1) is 14.6. The Morgan fingerprint density at radius 1 is 1.07 bits per heavy atom. The van der Waals surface area contributed by atoms with Crippen LogP contribution in [0.25, 0.3) is 0 Å². The van der Waals surface area contributed by atoms with Gasteiger partial charge in [-0.2, -0.15) is 0 Å². The van der Waals surface area contributed by atoms with Crippen molar-refractivity contribution in [2.75, 3.05) is 18.4 Å². The van der Waals surface area contributed by atoms with E-state index in [-0.39, 0.29) is 11.7 Å². The highest BCUT2D eigenvalue weighted by molar-refractivity contribution is 7.14. The van der Waals surface area contributed by atoms with Gasteiger partial charge < -0.3 is 0 Å². The number of nitrogens with one attached hydrogen (secondary N) is 1. The third-order valence-corrected chi connectivity index (χ3v) is 6.15. The molecule has 154 valence electrons. The topological polar surface area (TPSA) is 62.3 Å². The molecule has 3 aromatic rings. The fraction of sp³-hybridized carbons (Fsp3) is 0.292. The maximum atomic E-state index is 12.6. The van der Waals surface area contributed by atoms with E-state index in [9.17, 15) is 9.59 Å². The second-order valence-corrected chi connectivity index (χ2v) is 8.71. The highest BCUT2D eigenvalue weighted by Gasteiger charge is 2.18. The van der Waals surface area contributed by atoms with Gasteiger partial charge in [-0.1, -0.05) is 49.4 Å². The van der Waals surface area contributed by atoms with Gasteiger partial charge in [-0.3, -0.25) is 19.8 Å². The summed E-state index contributed by atoms with van der Waals surface area (Å²) in [6, 6.07) is 15.9. The van der Waals surface area contributed by atoms with Gasteiger partial charge in [-0.15, -0.1) is 11.3 Å². The van der Waals surface area contributed by atoms with Gasteiger partial charge in [0.25, 0.3) is 5.91 Å². The van der Waals surface area contributed by atoms with Crippen LogP contribution in [-0.2, 0) is 6.54 Å². The number of rotatable bonds is 6. The van der Waals surface area contributed by atoms with Crippen molar-refractivity contribution in [1.82, 2.24) is 9.88 Å². The number of carbonyl (C=O) groups excluding carboxylic acids is 2. The lowest BCUT2D eigenvalue weighted by atomic mass is 10.0. The molecule has 0 aliphatic carbocycles. The molecule has 1 N–H and O–H groups in total. The summed E-state index contributed by atoms with van der Waals surface area (Å²) in [6.45, 7) is 5.33. The van der Waals surface area contributed by atoms with Gasteiger partial charge in [-0.25, -0.2) is 4.98 Å². The van der Waals surface area contributed by atoms with E-state index in [1.54, 1.807) is 36.4 Å². The number of benzene rings is 2. The predicted molar refractivity (Wildman–Crippen MR) is 120 cm³/mol. The Morgan fingerprint density at radius 2 is 1.77 bits per heavy atom. The first-order valence-corrected chi connectivity index (χ1v) is 11.1. The summed E-state index contributed by atoms with van der Waals surface area (Å²) >= 11 is 1.44. The van der Waals surface area contributed by atoms with E-state index in [0.717, 1.165) is 31.2 Å². The zero-order chi connectivity index (χ0) is 20.9. The van der Waals surface area contributed by atoms with Gasteiger partial charge in [0.05, 0.1) is 5.69 Å². The summed E-state index contributed by atoms with van der Waals surface area (Å²) in [6.07, 6.45) is 2.53. The normalized spacial score (nSPS) is 16.9. The summed E-state index contributed by atoms with van der Waals surface area (Å²) in [5.74, 6) is 0.452. The number of thiazole rings is 1. The van der Waals surface area contributed by atoms with Crippen LogP contribution in [0.3, 0.4) is 0 Å². The van der Waals surface area contributed by atoms with E-state index in [0.29, 0.717) is 21.8 Å². The molecule has 0 spiro atoms. The molecule has 2 heterocycles. The van der Waals surface area contributed by atoms with Crippen LogP contribution in [-0.4, -0.2) is 34.7 Å². The second-order valence-electron chi connectivity index (χ2n) is 7.85. The number of hydrogen-bond donors (Lipinski definition) is 1. The lowest BCUT2D eigenvalue weighted by molar-refractivity contribution is 0.102. The Morgan fingerprint density at radius 3 is 2.50 bits per heavy atom. The number of aromatic nitrogens is 1. The Balaban J connectivity index is 1.36. The SMILES string of the molecule is CC1CCCN(Cc2csc(NC(=O)c3ccc(C(=O)c4ccccc4)cc3)n2)C1. The van der Waals surface area contributed by atoms with Crippen molar-refractivity contribution in [2.45, 2.75) is 26.3 Å². The van der Waals surface area contributed by atoms with E-state index in [1.165, 1.54) is 24.2 Å². The van der Waals surface area contributed by atoms with Crippen molar-refractivity contribution in [3.05, 3.63) is 82.4 Å². The quantitative estimate of drug-likeness (QED) is 0.580. The number of nitrogens with zero attached hydrogens (tertiary/aromatic N) is 2. The molecule has 1 amide bonds. The molecule has 1 aliphatic heterocycles. The first-order valence-electron chi connectivity index (χ1n) is 10.3. The summed E-state index contributed by atoms with van der Waals surface area (Å²) < 4.78 is 0. The van der Waals surface area contributed by atoms with Crippen LogP contribution in [0.5, 0.6) is 0 Å². The number of hydrogen-bond acceptors (Lipinski definition) is 5. The van der Waals surface area contributed by atoms with Crippen LogP contribution in [0.15, 0.2) is 60.0 Å². The summed E-state index contributed by atoms with van der Waals surface area (Å²) in [4.78, 5) is 32.1. The zero-order valence-corrected chi connectivity index (χ0v) is 17.8. The molecular formula is C24H25N3O2S. The minimum Gasteiger partial charge on any atom is -0.298 e. The molecule has 1 saturated heterocycles. The first kappa shape index (κ1) is 20.4. The van der Waals surface area contributed by atoms with Crippen molar-refractivity contribution in [2.24, 2.45) is 5.92 Å². The largest absolute Gasteiger partial charge is 0.298 e. The molecule has 1 atom stereocenters. The molecule has 2 aromatic carbocycles.